The van der Waals surface area contributed by atoms with Crippen molar-refractivity contribution < 1.29 is 9.59 Å². The number of hydrogen-bond acceptors (Lipinski definition) is 5. The molecule has 0 spiro atoms. The maximum Gasteiger partial charge on any atom is 0.259 e. The number of H-pyrrole nitrogens is 1. The van der Waals surface area contributed by atoms with Crippen molar-refractivity contribution >= 4 is 28.3 Å². The molecule has 0 unspecified atom stereocenters. The standard InChI is InChI=1S/C20H20N4O3S/c1-11(21-13(3)25)14-4-6-15(7-5-14)17-10-28-20(23-17)24-19(27)16-8-9-18(26)22-12(16)2/h4-11H,1-3H3,(H,21,25)(H,22,26)(H,23,24,27)/t11-/m0/s1. The maximum absolute atomic E-state index is 12.4. The number of hydrogen-bond donors (Lipinski definition) is 3. The van der Waals surface area contributed by atoms with E-state index in [0.717, 1.165) is 16.8 Å². The van der Waals surface area contributed by atoms with Gasteiger partial charge in [0.1, 0.15) is 0 Å². The third-order valence-corrected chi connectivity index (χ3v) is 4.97. The molecule has 2 amide bonds. The zero-order valence-electron chi connectivity index (χ0n) is 15.7. The second kappa shape index (κ2) is 8.18. The van der Waals surface area contributed by atoms with Crippen LogP contribution in [0, 0.1) is 6.92 Å². The first-order chi connectivity index (χ1) is 13.3. The highest BCUT2D eigenvalue weighted by molar-refractivity contribution is 7.14. The van der Waals surface area contributed by atoms with E-state index in [0.29, 0.717) is 16.4 Å². The summed E-state index contributed by atoms with van der Waals surface area (Å²) >= 11 is 1.32. The van der Waals surface area contributed by atoms with Crippen molar-refractivity contribution in [2.75, 3.05) is 5.32 Å². The van der Waals surface area contributed by atoms with Gasteiger partial charge in [-0.15, -0.1) is 11.3 Å². The Morgan fingerprint density at radius 2 is 1.86 bits per heavy atom. The molecule has 2 aromatic heterocycles. The third-order valence-electron chi connectivity index (χ3n) is 4.21. The van der Waals surface area contributed by atoms with Gasteiger partial charge in [0.05, 0.1) is 17.3 Å². The summed E-state index contributed by atoms with van der Waals surface area (Å²) in [5.41, 5.74) is 3.31. The van der Waals surface area contributed by atoms with Crippen LogP contribution in [0.2, 0.25) is 0 Å². The van der Waals surface area contributed by atoms with Crippen LogP contribution >= 0.6 is 11.3 Å². The van der Waals surface area contributed by atoms with Crippen molar-refractivity contribution in [2.45, 2.75) is 26.8 Å². The Bertz CT molecular complexity index is 1070. The Kier molecular flexibility index (Phi) is 5.70. The smallest absolute Gasteiger partial charge is 0.259 e. The van der Waals surface area contributed by atoms with Crippen molar-refractivity contribution in [3.63, 3.8) is 0 Å². The number of amides is 2. The Labute approximate surface area is 165 Å². The van der Waals surface area contributed by atoms with Crippen LogP contribution in [-0.4, -0.2) is 21.8 Å². The molecule has 0 radical (unpaired) electrons. The van der Waals surface area contributed by atoms with Crippen molar-refractivity contribution in [1.29, 1.82) is 0 Å². The highest BCUT2D eigenvalue weighted by Gasteiger charge is 2.13. The Morgan fingerprint density at radius 3 is 2.50 bits per heavy atom. The molecular formula is C20H20N4O3S. The zero-order chi connectivity index (χ0) is 20.3. The minimum atomic E-state index is -0.325. The lowest BCUT2D eigenvalue weighted by Gasteiger charge is -2.13. The number of carbonyl (C=O) groups excluding carboxylic acids is 2. The number of aryl methyl sites for hydroxylation is 1. The van der Waals surface area contributed by atoms with Gasteiger partial charge in [-0.25, -0.2) is 4.98 Å². The van der Waals surface area contributed by atoms with Crippen molar-refractivity contribution in [3.05, 3.63) is 69.0 Å². The van der Waals surface area contributed by atoms with E-state index in [2.05, 4.69) is 20.6 Å². The summed E-state index contributed by atoms with van der Waals surface area (Å²) in [6.07, 6.45) is 0. The molecule has 8 heteroatoms. The lowest BCUT2D eigenvalue weighted by Crippen LogP contribution is -2.23. The molecule has 3 N–H and O–H groups in total. The monoisotopic (exact) mass is 396 g/mol. The van der Waals surface area contributed by atoms with Crippen LogP contribution in [0.1, 0.15) is 41.5 Å². The fourth-order valence-corrected chi connectivity index (χ4v) is 3.50. The predicted octanol–water partition coefficient (Wildman–Crippen LogP) is 3.26. The largest absolute Gasteiger partial charge is 0.350 e. The summed E-state index contributed by atoms with van der Waals surface area (Å²) in [6, 6.07) is 10.5. The van der Waals surface area contributed by atoms with E-state index in [1.54, 1.807) is 6.92 Å². The first-order valence-electron chi connectivity index (χ1n) is 8.67. The Hall–Kier alpha value is -3.26. The topological polar surface area (TPSA) is 104 Å². The number of nitrogens with zero attached hydrogens (tertiary/aromatic N) is 1. The van der Waals surface area contributed by atoms with Gasteiger partial charge in [0.2, 0.25) is 11.5 Å². The van der Waals surface area contributed by atoms with Gasteiger partial charge in [0, 0.05) is 29.6 Å². The number of rotatable bonds is 5. The van der Waals surface area contributed by atoms with Gasteiger partial charge >= 0.3 is 0 Å². The third kappa shape index (κ3) is 4.52. The molecule has 0 aliphatic heterocycles. The van der Waals surface area contributed by atoms with Gasteiger partial charge in [-0.3, -0.25) is 19.7 Å². The SMILES string of the molecule is CC(=O)N[C@@H](C)c1ccc(-c2csc(NC(=O)c3ccc(=O)[nH]c3C)n2)cc1. The lowest BCUT2D eigenvalue weighted by atomic mass is 10.1. The van der Waals surface area contributed by atoms with Crippen LogP contribution in [0.4, 0.5) is 5.13 Å². The number of thiazole rings is 1. The zero-order valence-corrected chi connectivity index (χ0v) is 16.5. The number of aromatic amines is 1. The molecule has 3 aromatic rings. The number of benzene rings is 1. The second-order valence-corrected chi connectivity index (χ2v) is 7.26. The molecule has 0 aliphatic carbocycles. The highest BCUT2D eigenvalue weighted by Crippen LogP contribution is 2.26. The van der Waals surface area contributed by atoms with Gasteiger partial charge in [0.25, 0.3) is 5.91 Å². The fourth-order valence-electron chi connectivity index (χ4n) is 2.78. The molecule has 2 heterocycles. The molecular weight excluding hydrogens is 376 g/mol. The quantitative estimate of drug-likeness (QED) is 0.616. The van der Waals surface area contributed by atoms with E-state index in [1.807, 2.05) is 36.6 Å². The number of aromatic nitrogens is 2. The number of carbonyl (C=O) groups is 2. The molecule has 0 bridgehead atoms. The van der Waals surface area contributed by atoms with Crippen molar-refractivity contribution in [2.24, 2.45) is 0 Å². The van der Waals surface area contributed by atoms with Gasteiger partial charge in [-0.1, -0.05) is 24.3 Å². The minimum absolute atomic E-state index is 0.0719. The van der Waals surface area contributed by atoms with Crippen LogP contribution in [0.3, 0.4) is 0 Å². The summed E-state index contributed by atoms with van der Waals surface area (Å²) in [5.74, 6) is -0.400. The summed E-state index contributed by atoms with van der Waals surface area (Å²) in [6.45, 7) is 5.09. The molecule has 0 saturated carbocycles. The van der Waals surface area contributed by atoms with E-state index in [4.69, 9.17) is 0 Å². The fraction of sp³-hybridized carbons (Fsp3) is 0.200. The Balaban J connectivity index is 1.72. The average Bonchev–Trinajstić information content (AvgIpc) is 3.09. The molecule has 3 rings (SSSR count). The van der Waals surface area contributed by atoms with Crippen LogP contribution in [0.15, 0.2) is 46.6 Å². The molecule has 0 saturated heterocycles. The first kappa shape index (κ1) is 19.5. The number of pyridine rings is 1. The summed E-state index contributed by atoms with van der Waals surface area (Å²) in [7, 11) is 0. The molecule has 1 atom stereocenters. The molecule has 1 aromatic carbocycles. The van der Waals surface area contributed by atoms with Gasteiger partial charge < -0.3 is 10.3 Å². The molecule has 144 valence electrons. The second-order valence-electron chi connectivity index (χ2n) is 6.40. The summed E-state index contributed by atoms with van der Waals surface area (Å²) < 4.78 is 0. The maximum atomic E-state index is 12.4. The average molecular weight is 396 g/mol. The van der Waals surface area contributed by atoms with Crippen LogP contribution < -0.4 is 16.2 Å². The van der Waals surface area contributed by atoms with Crippen LogP contribution in [-0.2, 0) is 4.79 Å². The molecule has 0 fully saturated rings. The molecule has 0 aliphatic rings. The number of nitrogens with one attached hydrogen (secondary N) is 3. The summed E-state index contributed by atoms with van der Waals surface area (Å²) in [4.78, 5) is 41.9. The van der Waals surface area contributed by atoms with E-state index >= 15 is 0 Å². The normalized spacial score (nSPS) is 11.7. The summed E-state index contributed by atoms with van der Waals surface area (Å²) in [5, 5.41) is 7.94. The van der Waals surface area contributed by atoms with Crippen molar-refractivity contribution in [3.8, 4) is 11.3 Å². The minimum Gasteiger partial charge on any atom is -0.350 e. The van der Waals surface area contributed by atoms with E-state index < -0.39 is 0 Å². The molecule has 7 nitrogen and oxygen atoms in total. The molecule has 28 heavy (non-hydrogen) atoms. The number of anilines is 1. The van der Waals surface area contributed by atoms with E-state index in [-0.39, 0.29) is 23.4 Å². The van der Waals surface area contributed by atoms with E-state index in [9.17, 15) is 14.4 Å². The Morgan fingerprint density at radius 1 is 1.14 bits per heavy atom. The van der Waals surface area contributed by atoms with Gasteiger partial charge in [-0.2, -0.15) is 0 Å². The van der Waals surface area contributed by atoms with E-state index in [1.165, 1.54) is 30.4 Å². The van der Waals surface area contributed by atoms with Crippen LogP contribution in [0.25, 0.3) is 11.3 Å². The van der Waals surface area contributed by atoms with Gasteiger partial charge in [0.15, 0.2) is 5.13 Å². The van der Waals surface area contributed by atoms with Crippen LogP contribution in [0.5, 0.6) is 0 Å². The first-order valence-corrected chi connectivity index (χ1v) is 9.55. The highest BCUT2D eigenvalue weighted by atomic mass is 32.1. The lowest BCUT2D eigenvalue weighted by molar-refractivity contribution is -0.119. The predicted molar refractivity (Wildman–Crippen MR) is 110 cm³/mol. The van der Waals surface area contributed by atoms with Crippen molar-refractivity contribution in [1.82, 2.24) is 15.3 Å². The van der Waals surface area contributed by atoms with Gasteiger partial charge in [-0.05, 0) is 25.5 Å².